The molecule has 0 aromatic carbocycles. The molecule has 0 aliphatic heterocycles. The van der Waals surface area contributed by atoms with Gasteiger partial charge in [-0.2, -0.15) is 5.26 Å². The maximum atomic E-state index is 8.85. The van der Waals surface area contributed by atoms with Crippen molar-refractivity contribution >= 4 is 11.6 Å². The van der Waals surface area contributed by atoms with Gasteiger partial charge in [-0.3, -0.25) is 0 Å². The van der Waals surface area contributed by atoms with Crippen LogP contribution in [0.25, 0.3) is 0 Å². The average molecular weight is 236 g/mol. The van der Waals surface area contributed by atoms with Gasteiger partial charge in [0.15, 0.2) is 0 Å². The summed E-state index contributed by atoms with van der Waals surface area (Å²) in [7, 11) is 0. The number of allylic oxidation sites excluding steroid dienone is 4. The fraction of sp³-hybridized carbons (Fsp3) is 0.643. The van der Waals surface area contributed by atoms with Crippen LogP contribution in [0, 0.1) is 17.2 Å². The first-order chi connectivity index (χ1) is 7.79. The van der Waals surface area contributed by atoms with Gasteiger partial charge in [-0.15, -0.1) is 0 Å². The fourth-order valence-corrected chi connectivity index (χ4v) is 3.07. The molecule has 0 heterocycles. The first-order valence-corrected chi connectivity index (χ1v) is 6.65. The van der Waals surface area contributed by atoms with Gasteiger partial charge in [0.25, 0.3) is 0 Å². The molecular weight excluding hydrogens is 218 g/mol. The Kier molecular flexibility index (Phi) is 4.07. The highest BCUT2D eigenvalue weighted by molar-refractivity contribution is 6.32. The van der Waals surface area contributed by atoms with Crippen molar-refractivity contribution in [3.8, 4) is 6.07 Å². The van der Waals surface area contributed by atoms with Gasteiger partial charge in [-0.1, -0.05) is 49.3 Å². The quantitative estimate of drug-likeness (QED) is 0.681. The van der Waals surface area contributed by atoms with Gasteiger partial charge in [0.2, 0.25) is 0 Å². The first-order valence-electron chi connectivity index (χ1n) is 6.28. The minimum absolute atomic E-state index is 0.680. The molecule has 16 heavy (non-hydrogen) atoms. The molecule has 0 aromatic rings. The summed E-state index contributed by atoms with van der Waals surface area (Å²) in [6, 6.07) is 2.18. The lowest BCUT2D eigenvalue weighted by Gasteiger charge is -2.24. The summed E-state index contributed by atoms with van der Waals surface area (Å²) in [4.78, 5) is 0. The van der Waals surface area contributed by atoms with Crippen LogP contribution in [-0.2, 0) is 0 Å². The predicted octanol–water partition coefficient (Wildman–Crippen LogP) is 4.69. The van der Waals surface area contributed by atoms with E-state index in [-0.39, 0.29) is 0 Å². The van der Waals surface area contributed by atoms with Gasteiger partial charge in [0, 0.05) is 5.57 Å². The van der Waals surface area contributed by atoms with E-state index in [0.29, 0.717) is 5.03 Å². The van der Waals surface area contributed by atoms with E-state index >= 15 is 0 Å². The Labute approximate surface area is 103 Å². The summed E-state index contributed by atoms with van der Waals surface area (Å²) in [5.74, 6) is 0.869. The number of hydrogen-bond donors (Lipinski definition) is 0. The van der Waals surface area contributed by atoms with Gasteiger partial charge >= 0.3 is 0 Å². The number of nitriles is 1. The van der Waals surface area contributed by atoms with Crippen LogP contribution in [0.2, 0.25) is 0 Å². The molecule has 0 spiro atoms. The van der Waals surface area contributed by atoms with Crippen LogP contribution in [0.3, 0.4) is 0 Å². The van der Waals surface area contributed by atoms with Gasteiger partial charge in [0.05, 0.1) is 11.1 Å². The second-order valence-electron chi connectivity index (χ2n) is 4.95. The fourth-order valence-electron chi connectivity index (χ4n) is 2.78. The molecule has 0 unspecified atom stereocenters. The monoisotopic (exact) mass is 235 g/mol. The first kappa shape index (κ1) is 11.7. The molecule has 86 valence electrons. The number of rotatable bonds is 2. The molecule has 2 aliphatic rings. The van der Waals surface area contributed by atoms with E-state index in [2.05, 4.69) is 6.07 Å². The molecule has 0 amide bonds. The van der Waals surface area contributed by atoms with Crippen LogP contribution < -0.4 is 0 Å². The van der Waals surface area contributed by atoms with E-state index in [9.17, 15) is 0 Å². The lowest BCUT2D eigenvalue weighted by molar-refractivity contribution is 0.353. The molecule has 2 rings (SSSR count). The van der Waals surface area contributed by atoms with Crippen LogP contribution >= 0.6 is 11.6 Å². The summed E-state index contributed by atoms with van der Waals surface area (Å²) in [5, 5.41) is 9.53. The molecule has 2 heteroatoms. The van der Waals surface area contributed by atoms with Crippen LogP contribution in [0.1, 0.15) is 51.4 Å². The standard InChI is InChI=1S/C14H18ClN/c15-14-9-12(6-7-13(14)10-16)8-11-4-2-1-3-5-11/h9,11H,1-8H2. The van der Waals surface area contributed by atoms with Crippen molar-refractivity contribution in [2.24, 2.45) is 5.92 Å². The third-order valence-electron chi connectivity index (χ3n) is 3.73. The predicted molar refractivity (Wildman–Crippen MR) is 67.0 cm³/mol. The Morgan fingerprint density at radius 2 is 2.00 bits per heavy atom. The summed E-state index contributed by atoms with van der Waals surface area (Å²) in [6.45, 7) is 0. The van der Waals surface area contributed by atoms with E-state index in [0.717, 1.165) is 24.3 Å². The van der Waals surface area contributed by atoms with E-state index in [1.54, 1.807) is 0 Å². The van der Waals surface area contributed by atoms with Gasteiger partial charge < -0.3 is 0 Å². The topological polar surface area (TPSA) is 23.8 Å². The molecule has 0 saturated heterocycles. The second-order valence-corrected chi connectivity index (χ2v) is 5.36. The molecule has 0 bridgehead atoms. The zero-order valence-corrected chi connectivity index (χ0v) is 10.4. The summed E-state index contributed by atoms with van der Waals surface area (Å²) >= 11 is 6.08. The van der Waals surface area contributed by atoms with Gasteiger partial charge in [-0.25, -0.2) is 0 Å². The Morgan fingerprint density at radius 3 is 2.62 bits per heavy atom. The van der Waals surface area contributed by atoms with Crippen molar-refractivity contribution in [3.05, 3.63) is 22.3 Å². The van der Waals surface area contributed by atoms with Crippen LogP contribution in [0.5, 0.6) is 0 Å². The van der Waals surface area contributed by atoms with Crippen molar-refractivity contribution in [1.82, 2.24) is 0 Å². The normalized spacial score (nSPS) is 22.9. The minimum Gasteiger partial charge on any atom is -0.193 e. The van der Waals surface area contributed by atoms with Crippen LogP contribution in [-0.4, -0.2) is 0 Å². The Balaban J connectivity index is 1.96. The van der Waals surface area contributed by atoms with E-state index in [1.807, 2.05) is 6.08 Å². The smallest absolute Gasteiger partial charge is 0.0962 e. The lowest BCUT2D eigenvalue weighted by Crippen LogP contribution is -2.08. The zero-order valence-electron chi connectivity index (χ0n) is 9.64. The molecule has 1 fully saturated rings. The van der Waals surface area contributed by atoms with E-state index in [1.165, 1.54) is 44.1 Å². The van der Waals surface area contributed by atoms with Crippen LogP contribution in [0.4, 0.5) is 0 Å². The molecule has 0 aromatic heterocycles. The van der Waals surface area contributed by atoms with Crippen molar-refractivity contribution in [2.75, 3.05) is 0 Å². The molecule has 2 aliphatic carbocycles. The molecule has 0 radical (unpaired) electrons. The molecule has 0 atom stereocenters. The maximum Gasteiger partial charge on any atom is 0.0962 e. The zero-order chi connectivity index (χ0) is 11.4. The number of nitrogens with zero attached hydrogens (tertiary/aromatic N) is 1. The summed E-state index contributed by atoms with van der Waals surface area (Å²) in [5.41, 5.74) is 2.21. The van der Waals surface area contributed by atoms with Gasteiger partial charge in [-0.05, 0) is 31.3 Å². The second kappa shape index (κ2) is 5.55. The average Bonchev–Trinajstić information content (AvgIpc) is 2.31. The highest BCUT2D eigenvalue weighted by Gasteiger charge is 2.18. The number of hydrogen-bond acceptors (Lipinski definition) is 1. The highest BCUT2D eigenvalue weighted by Crippen LogP contribution is 2.34. The van der Waals surface area contributed by atoms with Gasteiger partial charge in [0.1, 0.15) is 0 Å². The molecule has 1 nitrogen and oxygen atoms in total. The van der Waals surface area contributed by atoms with E-state index < -0.39 is 0 Å². The van der Waals surface area contributed by atoms with Crippen molar-refractivity contribution in [3.63, 3.8) is 0 Å². The highest BCUT2D eigenvalue weighted by atomic mass is 35.5. The molecule has 1 saturated carbocycles. The molecular formula is C14H18ClN. The number of halogens is 1. The largest absolute Gasteiger partial charge is 0.193 e. The van der Waals surface area contributed by atoms with Crippen molar-refractivity contribution < 1.29 is 0 Å². The van der Waals surface area contributed by atoms with Crippen molar-refractivity contribution in [1.29, 1.82) is 5.26 Å². The minimum atomic E-state index is 0.680. The summed E-state index contributed by atoms with van der Waals surface area (Å²) < 4.78 is 0. The SMILES string of the molecule is N#CC1=C(Cl)C=C(CC2CCCCC2)CC1. The molecule has 0 N–H and O–H groups in total. The lowest BCUT2D eigenvalue weighted by atomic mass is 9.82. The third kappa shape index (κ3) is 2.89. The van der Waals surface area contributed by atoms with E-state index in [4.69, 9.17) is 16.9 Å². The summed E-state index contributed by atoms with van der Waals surface area (Å²) in [6.07, 6.45) is 12.1. The maximum absolute atomic E-state index is 8.85. The Hall–Kier alpha value is -0.740. The Bertz CT molecular complexity index is 353. The Morgan fingerprint density at radius 1 is 1.25 bits per heavy atom. The third-order valence-corrected chi connectivity index (χ3v) is 4.06. The van der Waals surface area contributed by atoms with Crippen LogP contribution in [0.15, 0.2) is 22.3 Å². The van der Waals surface area contributed by atoms with Crippen molar-refractivity contribution in [2.45, 2.75) is 51.4 Å².